The standard InChI is InChI=1S/C14H11F2N3O3/c1-8-12(15)5-11(6-13(8)16)18(9(2)20)14-7-10(19(21)22)3-4-17-14/h3-7H,1-2H3. The average molecular weight is 307 g/mol. The number of amides is 1. The summed E-state index contributed by atoms with van der Waals surface area (Å²) in [5.74, 6) is -2.33. The molecule has 0 aliphatic carbocycles. The molecule has 0 radical (unpaired) electrons. The lowest BCUT2D eigenvalue weighted by molar-refractivity contribution is -0.384. The molecule has 0 spiro atoms. The summed E-state index contributed by atoms with van der Waals surface area (Å²) in [6.07, 6.45) is 1.14. The van der Waals surface area contributed by atoms with Crippen LogP contribution in [0.25, 0.3) is 0 Å². The van der Waals surface area contributed by atoms with Crippen molar-refractivity contribution in [2.24, 2.45) is 0 Å². The van der Waals surface area contributed by atoms with Crippen molar-refractivity contribution < 1.29 is 18.5 Å². The van der Waals surface area contributed by atoms with E-state index in [-0.39, 0.29) is 22.8 Å². The number of halogens is 2. The number of rotatable bonds is 3. The zero-order chi connectivity index (χ0) is 16.4. The second-order valence-electron chi connectivity index (χ2n) is 4.52. The van der Waals surface area contributed by atoms with Crippen LogP contribution in [-0.2, 0) is 4.79 Å². The summed E-state index contributed by atoms with van der Waals surface area (Å²) in [6.45, 7) is 2.42. The zero-order valence-electron chi connectivity index (χ0n) is 11.7. The Morgan fingerprint density at radius 3 is 2.36 bits per heavy atom. The molecule has 0 atom stereocenters. The Labute approximate surface area is 124 Å². The van der Waals surface area contributed by atoms with Gasteiger partial charge in [-0.15, -0.1) is 0 Å². The van der Waals surface area contributed by atoms with Gasteiger partial charge >= 0.3 is 0 Å². The summed E-state index contributed by atoms with van der Waals surface area (Å²) in [7, 11) is 0. The molecule has 0 aliphatic rings. The van der Waals surface area contributed by atoms with Crippen molar-refractivity contribution in [1.82, 2.24) is 4.98 Å². The van der Waals surface area contributed by atoms with Crippen molar-refractivity contribution in [2.45, 2.75) is 13.8 Å². The van der Waals surface area contributed by atoms with Gasteiger partial charge in [0.25, 0.3) is 5.69 Å². The number of hydrogen-bond acceptors (Lipinski definition) is 4. The molecule has 0 unspecified atom stereocenters. The molecule has 8 heteroatoms. The molecule has 0 N–H and O–H groups in total. The number of carbonyl (C=O) groups excluding carboxylic acids is 1. The second kappa shape index (κ2) is 5.84. The molecule has 1 aromatic carbocycles. The van der Waals surface area contributed by atoms with Crippen LogP contribution in [0.3, 0.4) is 0 Å². The summed E-state index contributed by atoms with van der Waals surface area (Å²) in [5, 5.41) is 10.8. The van der Waals surface area contributed by atoms with E-state index in [1.54, 1.807) is 0 Å². The highest BCUT2D eigenvalue weighted by Gasteiger charge is 2.20. The molecule has 6 nitrogen and oxygen atoms in total. The van der Waals surface area contributed by atoms with Crippen LogP contribution in [0.4, 0.5) is 26.0 Å². The molecule has 22 heavy (non-hydrogen) atoms. The van der Waals surface area contributed by atoms with Gasteiger partial charge in [0.15, 0.2) is 0 Å². The van der Waals surface area contributed by atoms with Crippen LogP contribution in [0, 0.1) is 28.7 Å². The number of nitro groups is 1. The lowest BCUT2D eigenvalue weighted by Gasteiger charge is -2.20. The summed E-state index contributed by atoms with van der Waals surface area (Å²) in [4.78, 5) is 26.7. The molecule has 0 saturated heterocycles. The first kappa shape index (κ1) is 15.5. The third kappa shape index (κ3) is 2.90. The number of pyridine rings is 1. The van der Waals surface area contributed by atoms with Crippen LogP contribution in [0.2, 0.25) is 0 Å². The van der Waals surface area contributed by atoms with Gasteiger partial charge in [-0.3, -0.25) is 19.8 Å². The Hall–Kier alpha value is -2.90. The van der Waals surface area contributed by atoms with Gasteiger partial charge in [0.1, 0.15) is 17.5 Å². The number of nitrogens with zero attached hydrogens (tertiary/aromatic N) is 3. The lowest BCUT2D eigenvalue weighted by atomic mass is 10.2. The van der Waals surface area contributed by atoms with Crippen molar-refractivity contribution >= 4 is 23.1 Å². The number of benzene rings is 1. The zero-order valence-corrected chi connectivity index (χ0v) is 11.7. The van der Waals surface area contributed by atoms with E-state index < -0.39 is 22.5 Å². The molecule has 0 fully saturated rings. The van der Waals surface area contributed by atoms with Gasteiger partial charge in [-0.1, -0.05) is 0 Å². The Bertz CT molecular complexity index is 742. The molecule has 1 heterocycles. The van der Waals surface area contributed by atoms with Gasteiger partial charge in [0.05, 0.1) is 16.7 Å². The van der Waals surface area contributed by atoms with E-state index in [1.807, 2.05) is 0 Å². The Morgan fingerprint density at radius 2 is 1.86 bits per heavy atom. The molecule has 0 aliphatic heterocycles. The maximum atomic E-state index is 13.7. The molecule has 114 valence electrons. The first-order valence-electron chi connectivity index (χ1n) is 6.18. The van der Waals surface area contributed by atoms with Crippen molar-refractivity contribution in [2.75, 3.05) is 4.90 Å². The van der Waals surface area contributed by atoms with E-state index in [0.29, 0.717) is 0 Å². The summed E-state index contributed by atoms with van der Waals surface area (Å²) in [5.41, 5.74) is -0.565. The van der Waals surface area contributed by atoms with E-state index in [1.165, 1.54) is 6.92 Å². The summed E-state index contributed by atoms with van der Waals surface area (Å²) < 4.78 is 27.4. The van der Waals surface area contributed by atoms with Crippen molar-refractivity contribution in [1.29, 1.82) is 0 Å². The maximum absolute atomic E-state index is 13.7. The van der Waals surface area contributed by atoms with Gasteiger partial charge in [0, 0.05) is 24.8 Å². The monoisotopic (exact) mass is 307 g/mol. The van der Waals surface area contributed by atoms with Crippen molar-refractivity contribution in [3.63, 3.8) is 0 Å². The van der Waals surface area contributed by atoms with Gasteiger partial charge < -0.3 is 0 Å². The fourth-order valence-corrected chi connectivity index (χ4v) is 1.88. The van der Waals surface area contributed by atoms with Crippen LogP contribution >= 0.6 is 0 Å². The number of hydrogen-bond donors (Lipinski definition) is 0. The third-order valence-corrected chi connectivity index (χ3v) is 3.01. The lowest BCUT2D eigenvalue weighted by Crippen LogP contribution is -2.24. The van der Waals surface area contributed by atoms with E-state index >= 15 is 0 Å². The van der Waals surface area contributed by atoms with Crippen LogP contribution in [0.5, 0.6) is 0 Å². The van der Waals surface area contributed by atoms with E-state index in [9.17, 15) is 23.7 Å². The topological polar surface area (TPSA) is 76.3 Å². The molecule has 2 rings (SSSR count). The molecule has 1 aromatic heterocycles. The van der Waals surface area contributed by atoms with E-state index in [2.05, 4.69) is 4.98 Å². The number of anilines is 2. The molecular formula is C14H11F2N3O3. The fourth-order valence-electron chi connectivity index (χ4n) is 1.88. The Balaban J connectivity index is 2.59. The SMILES string of the molecule is CC(=O)N(c1cc(F)c(C)c(F)c1)c1cc([N+](=O)[O-])ccn1. The Kier molecular flexibility index (Phi) is 4.11. The maximum Gasteiger partial charge on any atom is 0.274 e. The Morgan fingerprint density at radius 1 is 1.27 bits per heavy atom. The van der Waals surface area contributed by atoms with Crippen LogP contribution < -0.4 is 4.90 Å². The largest absolute Gasteiger partial charge is 0.274 e. The smallest absolute Gasteiger partial charge is 0.274 e. The molecule has 2 aromatic rings. The molecule has 1 amide bonds. The summed E-state index contributed by atoms with van der Waals surface area (Å²) in [6, 6.07) is 4.15. The summed E-state index contributed by atoms with van der Waals surface area (Å²) >= 11 is 0. The predicted molar refractivity (Wildman–Crippen MR) is 74.8 cm³/mol. The third-order valence-electron chi connectivity index (χ3n) is 3.01. The highest BCUT2D eigenvalue weighted by atomic mass is 19.1. The minimum absolute atomic E-state index is 0.0932. The first-order valence-corrected chi connectivity index (χ1v) is 6.18. The highest BCUT2D eigenvalue weighted by Crippen LogP contribution is 2.29. The quantitative estimate of drug-likeness (QED) is 0.644. The molecule has 0 saturated carbocycles. The second-order valence-corrected chi connectivity index (χ2v) is 4.52. The van der Waals surface area contributed by atoms with Gasteiger partial charge in [-0.05, 0) is 19.1 Å². The van der Waals surface area contributed by atoms with Crippen molar-refractivity contribution in [3.8, 4) is 0 Å². The van der Waals surface area contributed by atoms with Crippen LogP contribution in [-0.4, -0.2) is 15.8 Å². The minimum Gasteiger partial charge on any atom is -0.274 e. The van der Waals surface area contributed by atoms with E-state index in [0.717, 1.165) is 42.3 Å². The molecular weight excluding hydrogens is 296 g/mol. The highest BCUT2D eigenvalue weighted by molar-refractivity contribution is 5.98. The van der Waals surface area contributed by atoms with Crippen LogP contribution in [0.1, 0.15) is 12.5 Å². The normalized spacial score (nSPS) is 10.4. The number of aromatic nitrogens is 1. The van der Waals surface area contributed by atoms with Crippen LogP contribution in [0.15, 0.2) is 30.5 Å². The average Bonchev–Trinajstić information content (AvgIpc) is 2.44. The molecule has 0 bridgehead atoms. The van der Waals surface area contributed by atoms with Gasteiger partial charge in [-0.2, -0.15) is 0 Å². The van der Waals surface area contributed by atoms with E-state index in [4.69, 9.17) is 0 Å². The van der Waals surface area contributed by atoms with Gasteiger partial charge in [0.2, 0.25) is 5.91 Å². The first-order chi connectivity index (χ1) is 10.3. The van der Waals surface area contributed by atoms with Gasteiger partial charge in [-0.25, -0.2) is 13.8 Å². The van der Waals surface area contributed by atoms with Crippen molar-refractivity contribution in [3.05, 3.63) is 57.8 Å². The minimum atomic E-state index is -0.827. The fraction of sp³-hybridized carbons (Fsp3) is 0.143. The number of carbonyl (C=O) groups is 1. The predicted octanol–water partition coefficient (Wildman–Crippen LogP) is 3.26.